The molecule has 0 aromatic heterocycles. The summed E-state index contributed by atoms with van der Waals surface area (Å²) in [5.74, 6) is 0.0416. The Kier molecular flexibility index (Phi) is 5.54. The summed E-state index contributed by atoms with van der Waals surface area (Å²) in [7, 11) is 1.76. The number of likely N-dealkylation sites (tertiary alicyclic amines) is 1. The van der Waals surface area contributed by atoms with Crippen LogP contribution >= 0.6 is 0 Å². The van der Waals surface area contributed by atoms with Gasteiger partial charge in [0.15, 0.2) is 0 Å². The zero-order valence-corrected chi connectivity index (χ0v) is 14.7. The van der Waals surface area contributed by atoms with E-state index >= 15 is 0 Å². The van der Waals surface area contributed by atoms with Crippen molar-refractivity contribution >= 4 is 11.6 Å². The number of ether oxygens (including phenoxy) is 2. The van der Waals surface area contributed by atoms with Crippen LogP contribution in [0.25, 0.3) is 0 Å². The van der Waals surface area contributed by atoms with E-state index in [1.165, 1.54) is 5.56 Å². The maximum Gasteiger partial charge on any atom is 0.238 e. The van der Waals surface area contributed by atoms with Crippen LogP contribution in [-0.4, -0.2) is 55.9 Å². The Morgan fingerprint density at radius 1 is 1.46 bits per heavy atom. The highest BCUT2D eigenvalue weighted by atomic mass is 16.5. The van der Waals surface area contributed by atoms with Crippen LogP contribution in [-0.2, 0) is 20.7 Å². The van der Waals surface area contributed by atoms with Crippen molar-refractivity contribution in [2.45, 2.75) is 44.3 Å². The molecule has 3 rings (SSSR count). The monoisotopic (exact) mass is 332 g/mol. The van der Waals surface area contributed by atoms with Gasteiger partial charge in [-0.05, 0) is 37.3 Å². The summed E-state index contributed by atoms with van der Waals surface area (Å²) in [6.45, 7) is 4.94. The maximum atomic E-state index is 12.5. The minimum atomic E-state index is -0.228. The first-order valence-electron chi connectivity index (χ1n) is 8.94. The third-order valence-electron chi connectivity index (χ3n) is 5.24. The van der Waals surface area contributed by atoms with Gasteiger partial charge in [-0.15, -0.1) is 0 Å². The van der Waals surface area contributed by atoms with E-state index in [-0.39, 0.29) is 17.6 Å². The fraction of sp³-hybridized carbons (Fsp3) is 0.632. The molecule has 0 radical (unpaired) electrons. The Morgan fingerprint density at radius 2 is 2.29 bits per heavy atom. The van der Waals surface area contributed by atoms with Crippen molar-refractivity contribution in [1.82, 2.24) is 4.90 Å². The molecule has 2 atom stereocenters. The molecule has 1 amide bonds. The smallest absolute Gasteiger partial charge is 0.238 e. The first-order valence-corrected chi connectivity index (χ1v) is 8.94. The van der Waals surface area contributed by atoms with E-state index in [1.54, 1.807) is 7.11 Å². The van der Waals surface area contributed by atoms with Crippen LogP contribution in [0.2, 0.25) is 0 Å². The number of anilines is 1. The zero-order valence-electron chi connectivity index (χ0n) is 14.7. The maximum absolute atomic E-state index is 12.5. The number of carbonyl (C=O) groups is 1. The third-order valence-corrected chi connectivity index (χ3v) is 5.24. The second kappa shape index (κ2) is 7.64. The number of hydrogen-bond acceptors (Lipinski definition) is 4. The molecule has 5 heteroatoms. The molecule has 2 aliphatic rings. The van der Waals surface area contributed by atoms with Crippen LogP contribution in [0.5, 0.6) is 0 Å². The number of nitrogens with one attached hydrogen (secondary N) is 1. The molecule has 0 saturated carbocycles. The van der Waals surface area contributed by atoms with Gasteiger partial charge in [0.2, 0.25) is 5.91 Å². The minimum Gasteiger partial charge on any atom is -0.378 e. The van der Waals surface area contributed by atoms with Gasteiger partial charge < -0.3 is 14.8 Å². The van der Waals surface area contributed by atoms with Gasteiger partial charge in [0.05, 0.1) is 12.6 Å². The lowest BCUT2D eigenvalue weighted by Crippen LogP contribution is -2.58. The van der Waals surface area contributed by atoms with Crippen molar-refractivity contribution in [1.29, 1.82) is 0 Å². The van der Waals surface area contributed by atoms with Gasteiger partial charge in [-0.3, -0.25) is 9.69 Å². The number of methoxy groups -OCH3 is 1. The van der Waals surface area contributed by atoms with E-state index in [0.717, 1.165) is 51.1 Å². The van der Waals surface area contributed by atoms with Gasteiger partial charge in [0.25, 0.3) is 0 Å². The summed E-state index contributed by atoms with van der Waals surface area (Å²) in [5.41, 5.74) is 1.86. The predicted molar refractivity (Wildman–Crippen MR) is 94.2 cm³/mol. The Labute approximate surface area is 144 Å². The molecule has 5 nitrogen and oxygen atoms in total. The summed E-state index contributed by atoms with van der Waals surface area (Å²) < 4.78 is 11.7. The van der Waals surface area contributed by atoms with Crippen molar-refractivity contribution in [3.8, 4) is 0 Å². The fourth-order valence-corrected chi connectivity index (χ4v) is 4.03. The molecular weight excluding hydrogens is 304 g/mol. The van der Waals surface area contributed by atoms with E-state index in [9.17, 15) is 4.79 Å². The quantitative estimate of drug-likeness (QED) is 0.900. The summed E-state index contributed by atoms with van der Waals surface area (Å²) >= 11 is 0. The Morgan fingerprint density at radius 3 is 3.00 bits per heavy atom. The van der Waals surface area contributed by atoms with E-state index in [0.29, 0.717) is 6.54 Å². The molecule has 1 spiro atoms. The second-order valence-corrected chi connectivity index (χ2v) is 6.80. The van der Waals surface area contributed by atoms with Crippen molar-refractivity contribution < 1.29 is 14.3 Å². The molecule has 1 N–H and O–H groups in total. The number of carbonyl (C=O) groups excluding carboxylic acids is 1. The Hall–Kier alpha value is -1.43. The zero-order chi connectivity index (χ0) is 17.0. The van der Waals surface area contributed by atoms with Crippen LogP contribution in [0.3, 0.4) is 0 Å². The lowest BCUT2D eigenvalue weighted by atomic mass is 9.87. The van der Waals surface area contributed by atoms with Crippen LogP contribution in [0.1, 0.15) is 31.7 Å². The first-order chi connectivity index (χ1) is 11.7. The molecule has 1 aromatic rings. The highest BCUT2D eigenvalue weighted by molar-refractivity contribution is 5.93. The van der Waals surface area contributed by atoms with Crippen LogP contribution < -0.4 is 5.32 Å². The molecule has 1 aromatic carbocycles. The molecule has 132 valence electrons. The normalized spacial score (nSPS) is 27.5. The van der Waals surface area contributed by atoms with Crippen molar-refractivity contribution in [3.63, 3.8) is 0 Å². The fourth-order valence-electron chi connectivity index (χ4n) is 4.03. The number of benzene rings is 1. The molecule has 2 fully saturated rings. The number of piperidine rings is 1. The number of amides is 1. The summed E-state index contributed by atoms with van der Waals surface area (Å²) in [4.78, 5) is 14.7. The van der Waals surface area contributed by atoms with E-state index in [2.05, 4.69) is 23.2 Å². The van der Waals surface area contributed by atoms with Gasteiger partial charge in [-0.1, -0.05) is 25.1 Å². The third kappa shape index (κ3) is 3.63. The molecule has 2 heterocycles. The van der Waals surface area contributed by atoms with Crippen molar-refractivity contribution in [2.24, 2.45) is 0 Å². The predicted octanol–water partition coefficient (Wildman–Crippen LogP) is 2.46. The topological polar surface area (TPSA) is 50.8 Å². The molecule has 2 saturated heterocycles. The molecular formula is C19H28N2O3. The lowest BCUT2D eigenvalue weighted by Gasteiger charge is -2.44. The number of aryl methyl sites for hydroxylation is 1. The average molecular weight is 332 g/mol. The van der Waals surface area contributed by atoms with E-state index in [1.807, 2.05) is 18.2 Å². The van der Waals surface area contributed by atoms with Gasteiger partial charge in [-0.2, -0.15) is 0 Å². The summed E-state index contributed by atoms with van der Waals surface area (Å²) in [5, 5.41) is 3.06. The summed E-state index contributed by atoms with van der Waals surface area (Å²) in [6.07, 6.45) is 4.05. The number of nitrogens with zero attached hydrogens (tertiary/aromatic N) is 1. The highest BCUT2D eigenvalue weighted by Crippen LogP contribution is 2.36. The summed E-state index contributed by atoms with van der Waals surface area (Å²) in [6, 6.07) is 7.99. The number of hydrogen-bond donors (Lipinski definition) is 1. The van der Waals surface area contributed by atoms with Gasteiger partial charge in [0.1, 0.15) is 5.60 Å². The van der Waals surface area contributed by atoms with Gasteiger partial charge in [0, 0.05) is 32.5 Å². The Bertz CT molecular complexity index is 569. The first kappa shape index (κ1) is 17.4. The molecule has 2 unspecified atom stereocenters. The van der Waals surface area contributed by atoms with E-state index in [4.69, 9.17) is 9.47 Å². The highest BCUT2D eigenvalue weighted by Gasteiger charge is 2.47. The number of rotatable bonds is 5. The average Bonchev–Trinajstić information content (AvgIpc) is 3.04. The Balaban J connectivity index is 1.60. The van der Waals surface area contributed by atoms with Gasteiger partial charge in [-0.25, -0.2) is 0 Å². The SMILES string of the molecule is CCc1ccccc1NC(=O)CN1CCC(OC)C2(CCCO2)C1. The minimum absolute atomic E-state index is 0.0416. The number of para-hydroxylation sites is 1. The molecule has 24 heavy (non-hydrogen) atoms. The van der Waals surface area contributed by atoms with Crippen molar-refractivity contribution in [3.05, 3.63) is 29.8 Å². The standard InChI is InChI=1S/C19H28N2O3/c1-3-15-7-4-5-8-16(15)20-18(22)13-21-11-9-17(23-2)19(14-21)10-6-12-24-19/h4-5,7-8,17H,3,6,9-14H2,1-2H3,(H,20,22). The van der Waals surface area contributed by atoms with Crippen LogP contribution in [0.15, 0.2) is 24.3 Å². The van der Waals surface area contributed by atoms with E-state index < -0.39 is 0 Å². The van der Waals surface area contributed by atoms with Crippen LogP contribution in [0, 0.1) is 0 Å². The second-order valence-electron chi connectivity index (χ2n) is 6.80. The molecule has 0 bridgehead atoms. The lowest BCUT2D eigenvalue weighted by molar-refractivity contribution is -0.146. The van der Waals surface area contributed by atoms with Gasteiger partial charge >= 0.3 is 0 Å². The largest absolute Gasteiger partial charge is 0.378 e. The van der Waals surface area contributed by atoms with Crippen LogP contribution in [0.4, 0.5) is 5.69 Å². The molecule has 0 aliphatic carbocycles. The van der Waals surface area contributed by atoms with Crippen molar-refractivity contribution in [2.75, 3.05) is 38.7 Å². The molecule has 2 aliphatic heterocycles.